The Morgan fingerprint density at radius 1 is 1.05 bits per heavy atom. The normalized spacial score (nSPS) is 11.1. The van der Waals surface area contributed by atoms with Gasteiger partial charge in [-0.3, -0.25) is 4.79 Å². The molecule has 0 bridgehead atoms. The molecule has 39 heavy (non-hydrogen) atoms. The van der Waals surface area contributed by atoms with Crippen LogP contribution in [0.3, 0.4) is 0 Å². The van der Waals surface area contributed by atoms with Crippen LogP contribution in [0.25, 0.3) is 11.1 Å². The number of halogens is 2. The molecule has 0 unspecified atom stereocenters. The van der Waals surface area contributed by atoms with E-state index in [9.17, 15) is 9.90 Å². The highest BCUT2D eigenvalue weighted by Gasteiger charge is 2.12. The lowest BCUT2D eigenvalue weighted by atomic mass is 9.99. The number of aryl methyl sites for hydroxylation is 1. The van der Waals surface area contributed by atoms with E-state index in [4.69, 9.17) is 16.3 Å². The Balaban J connectivity index is 0.00000294. The van der Waals surface area contributed by atoms with Gasteiger partial charge in [0.2, 0.25) is 0 Å². The number of phenolic OH excluding ortho intramolecular Hbond substituents is 1. The number of benzene rings is 4. The van der Waals surface area contributed by atoms with Gasteiger partial charge in [-0.2, -0.15) is 5.10 Å². The zero-order valence-corrected chi connectivity index (χ0v) is 23.8. The maximum Gasteiger partial charge on any atom is 0.271 e. The zero-order chi connectivity index (χ0) is 27.6. The summed E-state index contributed by atoms with van der Waals surface area (Å²) in [6.45, 7) is 4.12. The monoisotopic (exact) mass is 609 g/mol. The van der Waals surface area contributed by atoms with Crippen molar-refractivity contribution >= 4 is 39.7 Å². The number of carbonyl (C=O) groups is 1. The Kier molecular flexibility index (Phi) is 10.1. The summed E-state index contributed by atoms with van der Waals surface area (Å²) in [5.74, 6) is 0.302. The van der Waals surface area contributed by atoms with Gasteiger partial charge in [-0.25, -0.2) is 5.43 Å². The topological polar surface area (TPSA) is 83.0 Å². The molecule has 0 spiro atoms. The summed E-state index contributed by atoms with van der Waals surface area (Å²) in [4.78, 5) is 12.4. The molecule has 3 N–H and O–H groups in total. The quantitative estimate of drug-likeness (QED) is 0.0949. The van der Waals surface area contributed by atoms with Crippen LogP contribution in [-0.4, -0.2) is 36.9 Å². The molecular weight excluding hydrogens is 578 g/mol. The summed E-state index contributed by atoms with van der Waals surface area (Å²) in [6.07, 6.45) is 2.54. The smallest absolute Gasteiger partial charge is 0.271 e. The highest BCUT2D eigenvalue weighted by Crippen LogP contribution is 2.34. The van der Waals surface area contributed by atoms with E-state index in [-0.39, 0.29) is 13.6 Å². The number of phenols is 1. The third-order valence-electron chi connectivity index (χ3n) is 6.00. The summed E-state index contributed by atoms with van der Waals surface area (Å²) in [5, 5.41) is 17.2. The first kappa shape index (κ1) is 28.4. The van der Waals surface area contributed by atoms with Crippen LogP contribution in [0.5, 0.6) is 11.5 Å². The minimum Gasteiger partial charge on any atom is -0.506 e. The Labute approximate surface area is 244 Å². The van der Waals surface area contributed by atoms with Crippen LogP contribution in [-0.2, 0) is 6.42 Å². The molecule has 0 aliphatic carbocycles. The Bertz CT molecular complexity index is 1460. The van der Waals surface area contributed by atoms with Crippen molar-refractivity contribution < 1.29 is 17.5 Å². The van der Waals surface area contributed by atoms with Crippen LogP contribution in [0, 0.1) is 6.92 Å². The lowest BCUT2D eigenvalue weighted by molar-refractivity contribution is 0.0955. The maximum atomic E-state index is 12.4. The van der Waals surface area contributed by atoms with Crippen molar-refractivity contribution in [3.8, 4) is 22.6 Å². The van der Waals surface area contributed by atoms with Gasteiger partial charge in [-0.15, -0.1) is 0 Å². The fraction of sp³-hybridized carbons (Fsp3) is 0.161. The van der Waals surface area contributed by atoms with Crippen molar-refractivity contribution in [2.24, 2.45) is 5.10 Å². The van der Waals surface area contributed by atoms with Crippen LogP contribution in [0.15, 0.2) is 94.5 Å². The molecule has 4 aromatic rings. The predicted octanol–water partition coefficient (Wildman–Crippen LogP) is 7.25. The molecule has 204 valence electrons. The van der Waals surface area contributed by atoms with E-state index in [1.54, 1.807) is 6.21 Å². The van der Waals surface area contributed by atoms with E-state index >= 15 is 0 Å². The van der Waals surface area contributed by atoms with E-state index in [2.05, 4.69) is 56.0 Å². The summed E-state index contributed by atoms with van der Waals surface area (Å²) >= 11 is 9.37. The second kappa shape index (κ2) is 13.9. The number of ether oxygens (including phenoxy) is 1. The number of aromatic hydroxyl groups is 1. The van der Waals surface area contributed by atoms with E-state index < -0.39 is 5.91 Å². The van der Waals surface area contributed by atoms with Gasteiger partial charge in [0.1, 0.15) is 18.1 Å². The molecule has 0 saturated carbocycles. The molecule has 6 nitrogen and oxygen atoms in total. The van der Waals surface area contributed by atoms with Crippen molar-refractivity contribution in [2.45, 2.75) is 13.3 Å². The van der Waals surface area contributed by atoms with Crippen molar-refractivity contribution in [1.82, 2.24) is 10.7 Å². The SMILES string of the molecule is Cc1cc(/C=N/NC(=O)c2ccc(O)c(Cl)c2)cc(-c2ccccc2)c1OCCNCCc1ccc(Br)cc1.[HH].[HH]. The number of hydrogen-bond acceptors (Lipinski definition) is 5. The highest BCUT2D eigenvalue weighted by molar-refractivity contribution is 9.10. The van der Waals surface area contributed by atoms with Gasteiger partial charge in [0.05, 0.1) is 11.2 Å². The van der Waals surface area contributed by atoms with E-state index in [1.807, 2.05) is 49.4 Å². The molecule has 0 aliphatic heterocycles. The number of nitrogens with one attached hydrogen (secondary N) is 2. The van der Waals surface area contributed by atoms with Crippen molar-refractivity contribution in [3.63, 3.8) is 0 Å². The number of nitrogens with zero attached hydrogens (tertiary/aromatic N) is 1. The maximum absolute atomic E-state index is 12.4. The third kappa shape index (κ3) is 8.17. The molecule has 0 heterocycles. The first-order chi connectivity index (χ1) is 18.9. The van der Waals surface area contributed by atoms with Crippen molar-refractivity contribution in [2.75, 3.05) is 19.7 Å². The van der Waals surface area contributed by atoms with Gasteiger partial charge in [0.15, 0.2) is 0 Å². The molecule has 0 aromatic heterocycles. The average molecular weight is 611 g/mol. The van der Waals surface area contributed by atoms with E-state index in [1.165, 1.54) is 23.8 Å². The Morgan fingerprint density at radius 3 is 2.56 bits per heavy atom. The molecule has 4 rings (SSSR count). The predicted molar refractivity (Wildman–Crippen MR) is 165 cm³/mol. The van der Waals surface area contributed by atoms with Crippen LogP contribution in [0.4, 0.5) is 0 Å². The van der Waals surface area contributed by atoms with E-state index in [0.29, 0.717) is 12.2 Å². The minimum absolute atomic E-state index is 0. The first-order valence-corrected chi connectivity index (χ1v) is 13.7. The average Bonchev–Trinajstić information content (AvgIpc) is 2.94. The van der Waals surface area contributed by atoms with Crippen LogP contribution in [0.1, 0.15) is 29.9 Å². The van der Waals surface area contributed by atoms with Gasteiger partial charge in [-0.05, 0) is 84.6 Å². The molecule has 0 aliphatic rings. The van der Waals surface area contributed by atoms with Gasteiger partial charge < -0.3 is 15.2 Å². The van der Waals surface area contributed by atoms with E-state index in [0.717, 1.165) is 52.0 Å². The summed E-state index contributed by atoms with van der Waals surface area (Å²) < 4.78 is 7.33. The third-order valence-corrected chi connectivity index (χ3v) is 6.83. The zero-order valence-electron chi connectivity index (χ0n) is 21.5. The molecule has 0 saturated heterocycles. The molecule has 0 atom stereocenters. The Hall–Kier alpha value is -3.65. The number of carbonyl (C=O) groups excluding carboxylic acids is 1. The second-order valence-electron chi connectivity index (χ2n) is 8.92. The first-order valence-electron chi connectivity index (χ1n) is 12.5. The molecule has 0 fully saturated rings. The molecule has 8 heteroatoms. The Morgan fingerprint density at radius 2 is 1.82 bits per heavy atom. The van der Waals surface area contributed by atoms with Gasteiger partial charge >= 0.3 is 0 Å². The van der Waals surface area contributed by atoms with Gasteiger partial charge in [-0.1, -0.05) is 70.0 Å². The minimum atomic E-state index is -0.430. The second-order valence-corrected chi connectivity index (χ2v) is 10.2. The summed E-state index contributed by atoms with van der Waals surface area (Å²) in [7, 11) is 0. The molecular formula is C31H33BrClN3O3. The number of hydrazone groups is 1. The lowest BCUT2D eigenvalue weighted by Gasteiger charge is -2.16. The summed E-state index contributed by atoms with van der Waals surface area (Å²) in [6, 6.07) is 26.6. The molecule has 4 aromatic carbocycles. The standard InChI is InChI=1S/C31H29BrClN3O3.2H2/c1-21-17-23(20-35-36-31(38)25-9-12-29(37)28(33)19-25)18-27(24-5-3-2-4-6-24)30(21)39-16-15-34-14-13-22-7-10-26(32)11-8-22;;/h2-12,17-20,34,37H,13-16H2,1H3,(H,36,38);2*1H/b35-20+;;. The van der Waals surface area contributed by atoms with Gasteiger partial charge in [0.25, 0.3) is 5.91 Å². The van der Waals surface area contributed by atoms with Crippen molar-refractivity contribution in [3.05, 3.63) is 117 Å². The number of amides is 1. The summed E-state index contributed by atoms with van der Waals surface area (Å²) in [5.41, 5.74) is 7.84. The fourth-order valence-corrected chi connectivity index (χ4v) is 4.46. The van der Waals surface area contributed by atoms with Crippen LogP contribution >= 0.6 is 27.5 Å². The molecule has 0 radical (unpaired) electrons. The fourth-order valence-electron chi connectivity index (χ4n) is 4.01. The highest BCUT2D eigenvalue weighted by atomic mass is 79.9. The van der Waals surface area contributed by atoms with Crippen LogP contribution < -0.4 is 15.5 Å². The number of rotatable bonds is 11. The number of hydrogen-bond donors (Lipinski definition) is 3. The largest absolute Gasteiger partial charge is 0.506 e. The van der Waals surface area contributed by atoms with Gasteiger partial charge in [0, 0.05) is 25.0 Å². The van der Waals surface area contributed by atoms with Crippen molar-refractivity contribution in [1.29, 1.82) is 0 Å². The van der Waals surface area contributed by atoms with Crippen LogP contribution in [0.2, 0.25) is 5.02 Å². The molecule has 1 amide bonds. The lowest BCUT2D eigenvalue weighted by Crippen LogP contribution is -2.23.